The molecule has 2 N–H and O–H groups in total. The van der Waals surface area contributed by atoms with E-state index in [1.165, 1.54) is 11.6 Å². The third-order valence-electron chi connectivity index (χ3n) is 4.91. The molecule has 1 aromatic heterocycles. The Morgan fingerprint density at radius 1 is 1.10 bits per heavy atom. The Labute approximate surface area is 194 Å². The van der Waals surface area contributed by atoms with Gasteiger partial charge in [0.1, 0.15) is 11.6 Å². The van der Waals surface area contributed by atoms with Crippen molar-refractivity contribution in [2.24, 2.45) is 4.99 Å². The molecule has 0 aliphatic heterocycles. The Hall–Kier alpha value is -2.42. The SMILES string of the molecule is CN=C(NCCc1ccc(F)cc1C)NCc1nccn1CCc1ccccc1.I. The molecule has 5 nitrogen and oxygen atoms in total. The first kappa shape index (κ1) is 23.9. The van der Waals surface area contributed by atoms with E-state index in [9.17, 15) is 4.39 Å². The van der Waals surface area contributed by atoms with Gasteiger partial charge in [-0.1, -0.05) is 36.4 Å². The smallest absolute Gasteiger partial charge is 0.191 e. The second-order valence-electron chi connectivity index (χ2n) is 6.95. The highest BCUT2D eigenvalue weighted by Gasteiger charge is 2.06. The van der Waals surface area contributed by atoms with Gasteiger partial charge in [-0.2, -0.15) is 0 Å². The molecule has 0 fully saturated rings. The van der Waals surface area contributed by atoms with Gasteiger partial charge in [0.05, 0.1) is 6.54 Å². The lowest BCUT2D eigenvalue weighted by Gasteiger charge is -2.13. The lowest BCUT2D eigenvalue weighted by Crippen LogP contribution is -2.38. The normalized spacial score (nSPS) is 11.1. The summed E-state index contributed by atoms with van der Waals surface area (Å²) in [6, 6.07) is 15.4. The van der Waals surface area contributed by atoms with Gasteiger partial charge in [-0.3, -0.25) is 4.99 Å². The molecule has 2 aromatic carbocycles. The average Bonchev–Trinajstić information content (AvgIpc) is 3.18. The molecule has 0 aliphatic rings. The fourth-order valence-corrected chi connectivity index (χ4v) is 3.24. The highest BCUT2D eigenvalue weighted by Crippen LogP contribution is 2.10. The van der Waals surface area contributed by atoms with Crippen LogP contribution in [0, 0.1) is 12.7 Å². The molecule has 0 aliphatic carbocycles. The lowest BCUT2D eigenvalue weighted by molar-refractivity contribution is 0.625. The summed E-state index contributed by atoms with van der Waals surface area (Å²) in [6.45, 7) is 4.13. The number of nitrogens with one attached hydrogen (secondary N) is 2. The van der Waals surface area contributed by atoms with Crippen LogP contribution in [0.3, 0.4) is 0 Å². The molecule has 0 saturated heterocycles. The molecule has 160 valence electrons. The number of halogens is 2. The number of hydrogen-bond donors (Lipinski definition) is 2. The molecule has 0 saturated carbocycles. The monoisotopic (exact) mass is 521 g/mol. The van der Waals surface area contributed by atoms with Crippen molar-refractivity contribution >= 4 is 29.9 Å². The number of imidazole rings is 1. The van der Waals surface area contributed by atoms with Crippen LogP contribution in [0.5, 0.6) is 0 Å². The number of aromatic nitrogens is 2. The summed E-state index contributed by atoms with van der Waals surface area (Å²) >= 11 is 0. The predicted octanol–water partition coefficient (Wildman–Crippen LogP) is 4.10. The van der Waals surface area contributed by atoms with Gasteiger partial charge in [-0.15, -0.1) is 24.0 Å². The van der Waals surface area contributed by atoms with Crippen molar-refractivity contribution < 1.29 is 4.39 Å². The highest BCUT2D eigenvalue weighted by molar-refractivity contribution is 14.0. The van der Waals surface area contributed by atoms with E-state index in [1.54, 1.807) is 13.1 Å². The maximum Gasteiger partial charge on any atom is 0.191 e. The summed E-state index contributed by atoms with van der Waals surface area (Å²) in [6.07, 6.45) is 5.61. The Kier molecular flexibility index (Phi) is 9.79. The molecular formula is C23H29FIN5. The first-order valence-corrected chi connectivity index (χ1v) is 9.89. The molecule has 30 heavy (non-hydrogen) atoms. The van der Waals surface area contributed by atoms with E-state index in [0.717, 1.165) is 42.3 Å². The van der Waals surface area contributed by atoms with E-state index in [1.807, 2.05) is 31.5 Å². The minimum atomic E-state index is -0.195. The first-order valence-electron chi connectivity index (χ1n) is 9.89. The summed E-state index contributed by atoms with van der Waals surface area (Å²) < 4.78 is 15.4. The molecular weight excluding hydrogens is 492 g/mol. The van der Waals surface area contributed by atoms with Gasteiger partial charge in [0.25, 0.3) is 0 Å². The van der Waals surface area contributed by atoms with Crippen LogP contribution in [0.15, 0.2) is 65.9 Å². The molecule has 3 rings (SSSR count). The number of nitrogens with zero attached hydrogens (tertiary/aromatic N) is 3. The number of hydrogen-bond acceptors (Lipinski definition) is 2. The van der Waals surface area contributed by atoms with Crippen LogP contribution in [0.4, 0.5) is 4.39 Å². The van der Waals surface area contributed by atoms with E-state index >= 15 is 0 Å². The predicted molar refractivity (Wildman–Crippen MR) is 131 cm³/mol. The van der Waals surface area contributed by atoms with Crippen LogP contribution < -0.4 is 10.6 Å². The van der Waals surface area contributed by atoms with E-state index in [-0.39, 0.29) is 29.8 Å². The van der Waals surface area contributed by atoms with Crippen LogP contribution in [-0.2, 0) is 25.9 Å². The lowest BCUT2D eigenvalue weighted by atomic mass is 10.1. The molecule has 0 amide bonds. The van der Waals surface area contributed by atoms with Gasteiger partial charge in [0.2, 0.25) is 0 Å². The molecule has 0 spiro atoms. The van der Waals surface area contributed by atoms with Crippen LogP contribution in [-0.4, -0.2) is 29.1 Å². The number of aliphatic imine (C=N–C) groups is 1. The number of guanidine groups is 1. The molecule has 0 unspecified atom stereocenters. The van der Waals surface area contributed by atoms with Crippen molar-refractivity contribution in [1.82, 2.24) is 20.2 Å². The summed E-state index contributed by atoms with van der Waals surface area (Å²) in [4.78, 5) is 8.74. The summed E-state index contributed by atoms with van der Waals surface area (Å²) in [5.74, 6) is 1.50. The van der Waals surface area contributed by atoms with E-state index in [2.05, 4.69) is 49.4 Å². The molecule has 3 aromatic rings. The Morgan fingerprint density at radius 2 is 1.90 bits per heavy atom. The van der Waals surface area contributed by atoms with Crippen molar-refractivity contribution in [2.45, 2.75) is 32.9 Å². The molecule has 7 heteroatoms. The first-order chi connectivity index (χ1) is 14.2. The Balaban J connectivity index is 0.00000320. The summed E-state index contributed by atoms with van der Waals surface area (Å²) in [5, 5.41) is 6.62. The van der Waals surface area contributed by atoms with E-state index in [0.29, 0.717) is 13.1 Å². The van der Waals surface area contributed by atoms with Crippen LogP contribution in [0.25, 0.3) is 0 Å². The maximum absolute atomic E-state index is 13.2. The standard InChI is InChI=1S/C23H28FN5.HI/c1-18-16-21(24)9-8-20(18)10-12-27-23(25-2)28-17-22-26-13-15-29(22)14-11-19-6-4-3-5-7-19;/h3-9,13,15-16H,10-12,14,17H2,1-2H3,(H2,25,27,28);1H. The zero-order valence-electron chi connectivity index (χ0n) is 17.4. The topological polar surface area (TPSA) is 54.2 Å². The highest BCUT2D eigenvalue weighted by atomic mass is 127. The fourth-order valence-electron chi connectivity index (χ4n) is 3.24. The van der Waals surface area contributed by atoms with Gasteiger partial charge in [0, 0.05) is 32.5 Å². The zero-order valence-corrected chi connectivity index (χ0v) is 19.8. The Bertz CT molecular complexity index is 940. The molecule has 0 atom stereocenters. The molecule has 0 bridgehead atoms. The number of benzene rings is 2. The van der Waals surface area contributed by atoms with Gasteiger partial charge < -0.3 is 15.2 Å². The molecule has 1 heterocycles. The van der Waals surface area contributed by atoms with Gasteiger partial charge >= 0.3 is 0 Å². The van der Waals surface area contributed by atoms with Crippen molar-refractivity contribution in [3.63, 3.8) is 0 Å². The Morgan fingerprint density at radius 3 is 2.63 bits per heavy atom. The fraction of sp³-hybridized carbons (Fsp3) is 0.304. The van der Waals surface area contributed by atoms with Crippen molar-refractivity contribution in [3.8, 4) is 0 Å². The van der Waals surface area contributed by atoms with Crippen molar-refractivity contribution in [2.75, 3.05) is 13.6 Å². The third-order valence-corrected chi connectivity index (χ3v) is 4.91. The van der Waals surface area contributed by atoms with Crippen LogP contribution in [0.1, 0.15) is 22.5 Å². The minimum Gasteiger partial charge on any atom is -0.356 e. The quantitative estimate of drug-likeness (QED) is 0.267. The van der Waals surface area contributed by atoms with Gasteiger partial charge in [-0.05, 0) is 48.6 Å². The van der Waals surface area contributed by atoms with Crippen LogP contribution in [0.2, 0.25) is 0 Å². The maximum atomic E-state index is 13.2. The average molecular weight is 521 g/mol. The van der Waals surface area contributed by atoms with Crippen LogP contribution >= 0.6 is 24.0 Å². The minimum absolute atomic E-state index is 0. The van der Waals surface area contributed by atoms with Gasteiger partial charge in [0.15, 0.2) is 5.96 Å². The zero-order chi connectivity index (χ0) is 20.5. The van der Waals surface area contributed by atoms with Crippen molar-refractivity contribution in [1.29, 1.82) is 0 Å². The summed E-state index contributed by atoms with van der Waals surface area (Å²) in [5.41, 5.74) is 3.41. The second-order valence-corrected chi connectivity index (χ2v) is 6.95. The third kappa shape index (κ3) is 7.12. The van der Waals surface area contributed by atoms with Crippen molar-refractivity contribution in [3.05, 3.63) is 89.3 Å². The largest absolute Gasteiger partial charge is 0.356 e. The van der Waals surface area contributed by atoms with Gasteiger partial charge in [-0.25, -0.2) is 9.37 Å². The van der Waals surface area contributed by atoms with E-state index < -0.39 is 0 Å². The van der Waals surface area contributed by atoms with E-state index in [4.69, 9.17) is 0 Å². The summed E-state index contributed by atoms with van der Waals surface area (Å²) in [7, 11) is 1.75. The number of aryl methyl sites for hydroxylation is 3. The molecule has 0 radical (unpaired) electrons. The second kappa shape index (κ2) is 12.3. The number of rotatable bonds is 8.